The van der Waals surface area contributed by atoms with Crippen LogP contribution in [0.1, 0.15) is 105 Å². The van der Waals surface area contributed by atoms with Crippen LogP contribution in [0.4, 0.5) is 0 Å². The minimum Gasteiger partial charge on any atom is -0.391 e. The van der Waals surface area contributed by atoms with Crippen LogP contribution in [0.25, 0.3) is 0 Å². The molecule has 1 saturated carbocycles. The summed E-state index contributed by atoms with van der Waals surface area (Å²) >= 11 is 0. The Bertz CT molecular complexity index is 1160. The van der Waals surface area contributed by atoms with Crippen molar-refractivity contribution in [3.8, 4) is 0 Å². The van der Waals surface area contributed by atoms with Gasteiger partial charge < -0.3 is 21.1 Å². The zero-order valence-electron chi connectivity index (χ0n) is 28.4. The third kappa shape index (κ3) is 13.4. The van der Waals surface area contributed by atoms with Gasteiger partial charge in [-0.15, -0.1) is 0 Å². The summed E-state index contributed by atoms with van der Waals surface area (Å²) in [6.07, 6.45) is 7.47. The molecule has 256 valence electrons. The summed E-state index contributed by atoms with van der Waals surface area (Å²) < 4.78 is 25.1. The van der Waals surface area contributed by atoms with Gasteiger partial charge in [-0.1, -0.05) is 89.6 Å². The predicted molar refractivity (Wildman–Crippen MR) is 180 cm³/mol. The van der Waals surface area contributed by atoms with Gasteiger partial charge in [0, 0.05) is 12.5 Å². The zero-order valence-corrected chi connectivity index (χ0v) is 29.3. The van der Waals surface area contributed by atoms with Crippen LogP contribution in [0.15, 0.2) is 30.3 Å². The fraction of sp³-hybridized carbons (Fsp3) is 0.743. The smallest absolute Gasteiger partial charge is 0.239 e. The largest absolute Gasteiger partial charge is 0.391 e. The molecule has 0 saturated heterocycles. The van der Waals surface area contributed by atoms with E-state index in [4.69, 9.17) is 0 Å². The van der Waals surface area contributed by atoms with Crippen molar-refractivity contribution >= 4 is 27.6 Å². The topological polar surface area (TPSA) is 142 Å². The van der Waals surface area contributed by atoms with Gasteiger partial charge >= 0.3 is 0 Å². The van der Waals surface area contributed by atoms with Crippen LogP contribution in [-0.2, 0) is 30.6 Å². The van der Waals surface area contributed by atoms with Crippen molar-refractivity contribution in [1.82, 2.24) is 16.0 Å². The summed E-state index contributed by atoms with van der Waals surface area (Å²) in [6, 6.07) is 8.67. The van der Waals surface area contributed by atoms with Crippen molar-refractivity contribution in [2.24, 2.45) is 23.7 Å². The van der Waals surface area contributed by atoms with Crippen LogP contribution in [-0.4, -0.2) is 67.0 Å². The Hall–Kier alpha value is -2.46. The number of nitrogens with one attached hydrogen (secondary N) is 3. The molecule has 10 heteroatoms. The van der Waals surface area contributed by atoms with Crippen molar-refractivity contribution in [2.45, 2.75) is 123 Å². The highest BCUT2D eigenvalue weighted by Crippen LogP contribution is 2.30. The highest BCUT2D eigenvalue weighted by atomic mass is 32.2. The third-order valence-corrected chi connectivity index (χ3v) is 11.8. The van der Waals surface area contributed by atoms with Crippen molar-refractivity contribution in [2.75, 3.05) is 18.8 Å². The van der Waals surface area contributed by atoms with E-state index in [0.717, 1.165) is 44.1 Å². The number of hydrogen-bond donors (Lipinski definition) is 4. The third-order valence-electron chi connectivity index (χ3n) is 9.06. The number of carbonyl (C=O) groups is 3. The first kappa shape index (κ1) is 38.7. The van der Waals surface area contributed by atoms with Gasteiger partial charge in [-0.3, -0.25) is 14.4 Å². The number of rotatable bonds is 18. The standard InChI is InChI=1S/C35H59N3O6S/c1-7-8-19-36-34(42)29(25(2)3)22-31(39)30(21-27-17-13-10-14-18-27)38-32(40)23-37-33(41)28(20-26-15-11-9-12-16-26)24-45(43,44)35(4,5)6/h9,11-12,15-16,25,27-31,39H,7-8,10,13-14,17-24H2,1-6H3,(H,36,42)(H,37,41)(H,38,40)/t28?,29?,30-,31-/m0/s1. The predicted octanol–water partition coefficient (Wildman–Crippen LogP) is 4.57. The fourth-order valence-corrected chi connectivity index (χ4v) is 7.23. The number of aliphatic hydroxyl groups excluding tert-OH is 1. The molecule has 2 rings (SSSR count). The number of hydrogen-bond acceptors (Lipinski definition) is 6. The van der Waals surface area contributed by atoms with Gasteiger partial charge in [0.05, 0.1) is 35.1 Å². The van der Waals surface area contributed by atoms with Crippen LogP contribution in [0.5, 0.6) is 0 Å². The highest BCUT2D eigenvalue weighted by molar-refractivity contribution is 7.92. The van der Waals surface area contributed by atoms with E-state index in [1.165, 1.54) is 6.42 Å². The highest BCUT2D eigenvalue weighted by Gasteiger charge is 2.35. The molecule has 0 aromatic heterocycles. The number of benzene rings is 1. The maximum absolute atomic E-state index is 13.3. The fourth-order valence-electron chi connectivity index (χ4n) is 5.93. The Kier molecular flexibility index (Phi) is 16.0. The average molecular weight is 650 g/mol. The van der Waals surface area contributed by atoms with E-state index in [1.807, 2.05) is 44.2 Å². The van der Waals surface area contributed by atoms with E-state index in [0.29, 0.717) is 18.9 Å². The lowest BCUT2D eigenvalue weighted by atomic mass is 9.81. The van der Waals surface area contributed by atoms with Crippen molar-refractivity contribution in [3.05, 3.63) is 35.9 Å². The summed E-state index contributed by atoms with van der Waals surface area (Å²) in [7, 11) is -3.61. The lowest BCUT2D eigenvalue weighted by Crippen LogP contribution is -2.50. The molecule has 0 radical (unpaired) electrons. The molecule has 0 spiro atoms. The molecule has 1 aliphatic carbocycles. The molecule has 2 unspecified atom stereocenters. The number of amides is 3. The van der Waals surface area contributed by atoms with Gasteiger partial charge in [0.25, 0.3) is 0 Å². The molecule has 3 amide bonds. The molecular formula is C35H59N3O6S. The molecule has 1 aromatic rings. The first-order valence-corrected chi connectivity index (χ1v) is 18.6. The van der Waals surface area contributed by atoms with Gasteiger partial charge in [-0.25, -0.2) is 8.42 Å². The molecule has 1 aromatic carbocycles. The molecule has 1 aliphatic rings. The molecule has 4 atom stereocenters. The summed E-state index contributed by atoms with van der Waals surface area (Å²) in [6.45, 7) is 11.1. The van der Waals surface area contributed by atoms with Crippen LogP contribution < -0.4 is 16.0 Å². The van der Waals surface area contributed by atoms with Gasteiger partial charge in [-0.2, -0.15) is 0 Å². The van der Waals surface area contributed by atoms with E-state index in [2.05, 4.69) is 22.9 Å². The van der Waals surface area contributed by atoms with Crippen molar-refractivity contribution in [3.63, 3.8) is 0 Å². The Balaban J connectivity index is 2.13. The Morgan fingerprint density at radius 1 is 0.978 bits per heavy atom. The van der Waals surface area contributed by atoms with E-state index >= 15 is 0 Å². The van der Waals surface area contributed by atoms with Crippen LogP contribution in [0.2, 0.25) is 0 Å². The van der Waals surface area contributed by atoms with Crippen molar-refractivity contribution in [1.29, 1.82) is 0 Å². The van der Waals surface area contributed by atoms with Crippen molar-refractivity contribution < 1.29 is 27.9 Å². The van der Waals surface area contributed by atoms with Gasteiger partial charge in [0.2, 0.25) is 17.7 Å². The number of aliphatic hydroxyl groups is 1. The lowest BCUT2D eigenvalue weighted by Gasteiger charge is -2.32. The first-order valence-electron chi connectivity index (χ1n) is 16.9. The summed E-state index contributed by atoms with van der Waals surface area (Å²) in [5.41, 5.74) is 0.834. The zero-order chi connectivity index (χ0) is 33.6. The van der Waals surface area contributed by atoms with E-state index < -0.39 is 50.4 Å². The quantitative estimate of drug-likeness (QED) is 0.172. The average Bonchev–Trinajstić information content (AvgIpc) is 2.98. The normalized spacial score (nSPS) is 17.2. The van der Waals surface area contributed by atoms with Gasteiger partial charge in [0.15, 0.2) is 9.84 Å². The number of unbranched alkanes of at least 4 members (excludes halogenated alkanes) is 1. The van der Waals surface area contributed by atoms with E-state index in [9.17, 15) is 27.9 Å². The Labute approximate surface area is 272 Å². The summed E-state index contributed by atoms with van der Waals surface area (Å²) in [4.78, 5) is 39.5. The number of sulfone groups is 1. The summed E-state index contributed by atoms with van der Waals surface area (Å²) in [5.74, 6) is -2.26. The molecule has 0 bridgehead atoms. The maximum Gasteiger partial charge on any atom is 0.239 e. The molecule has 45 heavy (non-hydrogen) atoms. The Morgan fingerprint density at radius 2 is 1.62 bits per heavy atom. The van der Waals surface area contributed by atoms with Gasteiger partial charge in [-0.05, 0) is 63.9 Å². The second-order valence-electron chi connectivity index (χ2n) is 14.2. The van der Waals surface area contributed by atoms with Crippen LogP contribution in [0, 0.1) is 23.7 Å². The molecule has 0 heterocycles. The summed E-state index contributed by atoms with van der Waals surface area (Å²) in [5, 5.41) is 20.0. The van der Waals surface area contributed by atoms with E-state index in [-0.39, 0.29) is 37.0 Å². The lowest BCUT2D eigenvalue weighted by molar-refractivity contribution is -0.129. The first-order chi connectivity index (χ1) is 21.1. The molecule has 0 aliphatic heterocycles. The SMILES string of the molecule is CCCCNC(=O)C(C[C@H](O)[C@H](CC1CCCCC1)NC(=O)CNC(=O)C(Cc1ccccc1)CS(=O)(=O)C(C)(C)C)C(C)C. The molecule has 4 N–H and O–H groups in total. The van der Waals surface area contributed by atoms with Crippen LogP contribution in [0.3, 0.4) is 0 Å². The minimum absolute atomic E-state index is 0.0116. The van der Waals surface area contributed by atoms with Crippen LogP contribution >= 0.6 is 0 Å². The maximum atomic E-state index is 13.3. The monoisotopic (exact) mass is 649 g/mol. The number of carbonyl (C=O) groups excluding carboxylic acids is 3. The second kappa shape index (κ2) is 18.6. The molecular weight excluding hydrogens is 590 g/mol. The minimum atomic E-state index is -3.61. The molecule has 9 nitrogen and oxygen atoms in total. The van der Waals surface area contributed by atoms with Gasteiger partial charge in [0.1, 0.15) is 0 Å². The Morgan fingerprint density at radius 3 is 2.20 bits per heavy atom. The second-order valence-corrected chi connectivity index (χ2v) is 17.0. The molecule has 1 fully saturated rings. The van der Waals surface area contributed by atoms with E-state index in [1.54, 1.807) is 20.8 Å².